The molecule has 0 spiro atoms. The van der Waals surface area contributed by atoms with Crippen LogP contribution in [0.4, 0.5) is 5.69 Å². The summed E-state index contributed by atoms with van der Waals surface area (Å²) in [7, 11) is 1.43. The van der Waals surface area contributed by atoms with Gasteiger partial charge in [-0.05, 0) is 18.0 Å². The van der Waals surface area contributed by atoms with Gasteiger partial charge in [0.2, 0.25) is 10.9 Å². The minimum Gasteiger partial charge on any atom is -0.350 e. The number of nitro groups is 1. The molecule has 8 nitrogen and oxygen atoms in total. The first-order valence-corrected chi connectivity index (χ1v) is 5.44. The lowest BCUT2D eigenvalue weighted by Gasteiger charge is -2.03. The van der Waals surface area contributed by atoms with Crippen LogP contribution < -0.4 is 5.32 Å². The molecule has 1 aromatic rings. The Morgan fingerprint density at radius 1 is 1.61 bits per heavy atom. The first-order chi connectivity index (χ1) is 8.43. The van der Waals surface area contributed by atoms with E-state index >= 15 is 0 Å². The summed E-state index contributed by atoms with van der Waals surface area (Å²) in [6.07, 6.45) is 1.52. The third-order valence-electron chi connectivity index (χ3n) is 2.17. The quantitative estimate of drug-likeness (QED) is 0.354. The number of hydrogen-bond acceptors (Lipinski definition) is 5. The summed E-state index contributed by atoms with van der Waals surface area (Å²) in [5, 5.41) is 16.3. The molecule has 0 radical (unpaired) electrons. The fourth-order valence-electron chi connectivity index (χ4n) is 1.34. The lowest BCUT2D eigenvalue weighted by Crippen LogP contribution is -2.27. The van der Waals surface area contributed by atoms with Gasteiger partial charge in [0.15, 0.2) is 0 Å². The molecule has 1 amide bonds. The molecule has 0 aromatic carbocycles. The van der Waals surface area contributed by atoms with Crippen LogP contribution in [0.25, 0.3) is 0 Å². The molecule has 0 aliphatic carbocycles. The second-order valence-corrected chi connectivity index (χ2v) is 3.90. The zero-order chi connectivity index (χ0) is 13.7. The molecule has 0 atom stereocenters. The standard InChI is InChI=1S/C9H11ClN4O4/c1-13-8(6(5-12-13)14(17)18)9(16)11-4-2-3-7(10)15/h5H,2-4H2,1H3,(H,11,16). The SMILES string of the molecule is Cn1ncc([N+](=O)[O-])c1C(=O)NCCCC(=O)Cl. The van der Waals surface area contributed by atoms with Gasteiger partial charge >= 0.3 is 5.69 Å². The lowest BCUT2D eigenvalue weighted by atomic mass is 10.3. The van der Waals surface area contributed by atoms with Crippen molar-refractivity contribution in [2.24, 2.45) is 7.05 Å². The molecular weight excluding hydrogens is 264 g/mol. The number of amides is 1. The van der Waals surface area contributed by atoms with Crippen molar-refractivity contribution in [3.05, 3.63) is 22.0 Å². The minimum atomic E-state index is -0.676. The Hall–Kier alpha value is -1.96. The average molecular weight is 275 g/mol. The molecule has 1 rings (SSSR count). The van der Waals surface area contributed by atoms with E-state index in [1.54, 1.807) is 0 Å². The van der Waals surface area contributed by atoms with Crippen molar-refractivity contribution in [3.8, 4) is 0 Å². The van der Waals surface area contributed by atoms with E-state index in [1.165, 1.54) is 7.05 Å². The van der Waals surface area contributed by atoms with Crippen molar-refractivity contribution in [3.63, 3.8) is 0 Å². The van der Waals surface area contributed by atoms with Gasteiger partial charge in [-0.2, -0.15) is 5.10 Å². The Morgan fingerprint density at radius 2 is 2.28 bits per heavy atom. The van der Waals surface area contributed by atoms with E-state index < -0.39 is 16.1 Å². The molecule has 0 aliphatic rings. The molecule has 9 heteroatoms. The van der Waals surface area contributed by atoms with Gasteiger partial charge in [-0.25, -0.2) is 0 Å². The minimum absolute atomic E-state index is 0.128. The number of nitrogens with one attached hydrogen (secondary N) is 1. The highest BCUT2D eigenvalue weighted by Gasteiger charge is 2.24. The molecule has 1 N–H and O–H groups in total. The van der Waals surface area contributed by atoms with Crippen LogP contribution in [-0.4, -0.2) is 32.4 Å². The third kappa shape index (κ3) is 3.52. The molecule has 0 fully saturated rings. The summed E-state index contributed by atoms with van der Waals surface area (Å²) in [4.78, 5) is 32.2. The van der Waals surface area contributed by atoms with E-state index in [1.807, 2.05) is 0 Å². The van der Waals surface area contributed by atoms with Gasteiger partial charge < -0.3 is 5.32 Å². The van der Waals surface area contributed by atoms with Crippen molar-refractivity contribution in [1.29, 1.82) is 0 Å². The van der Waals surface area contributed by atoms with Crippen LogP contribution in [0.3, 0.4) is 0 Å². The molecule has 18 heavy (non-hydrogen) atoms. The first-order valence-electron chi connectivity index (χ1n) is 5.06. The highest BCUT2D eigenvalue weighted by atomic mass is 35.5. The molecule has 0 bridgehead atoms. The molecule has 0 aliphatic heterocycles. The number of hydrogen-bond donors (Lipinski definition) is 1. The van der Waals surface area contributed by atoms with Crippen LogP contribution in [-0.2, 0) is 11.8 Å². The predicted octanol–water partition coefficient (Wildman–Crippen LogP) is 0.604. The van der Waals surface area contributed by atoms with Gasteiger partial charge in [0.05, 0.1) is 4.92 Å². The lowest BCUT2D eigenvalue weighted by molar-refractivity contribution is -0.385. The maximum atomic E-state index is 11.7. The van der Waals surface area contributed by atoms with Crippen LogP contribution in [0.1, 0.15) is 23.3 Å². The van der Waals surface area contributed by atoms with E-state index in [9.17, 15) is 19.7 Å². The van der Waals surface area contributed by atoms with Crippen LogP contribution in [0.5, 0.6) is 0 Å². The Balaban J connectivity index is 2.64. The molecule has 1 heterocycles. The summed E-state index contributed by atoms with van der Waals surface area (Å²) in [5.74, 6) is -0.608. The summed E-state index contributed by atoms with van der Waals surface area (Å²) >= 11 is 5.13. The Morgan fingerprint density at radius 3 is 2.83 bits per heavy atom. The van der Waals surface area contributed by atoms with Gasteiger partial charge in [-0.3, -0.25) is 24.4 Å². The van der Waals surface area contributed by atoms with Crippen molar-refractivity contribution >= 4 is 28.4 Å². The Bertz CT molecular complexity index is 485. The normalized spacial score (nSPS) is 10.1. The molecule has 98 valence electrons. The van der Waals surface area contributed by atoms with E-state index in [0.29, 0.717) is 6.42 Å². The largest absolute Gasteiger partial charge is 0.350 e. The second kappa shape index (κ2) is 6.10. The summed E-state index contributed by atoms with van der Waals surface area (Å²) in [5.41, 5.74) is -0.486. The monoisotopic (exact) mass is 274 g/mol. The number of nitrogens with zero attached hydrogens (tertiary/aromatic N) is 3. The number of aryl methyl sites for hydroxylation is 1. The van der Waals surface area contributed by atoms with Gasteiger partial charge in [0.1, 0.15) is 6.20 Å². The number of carbonyl (C=O) groups excluding carboxylic acids is 2. The molecule has 0 saturated carbocycles. The maximum absolute atomic E-state index is 11.7. The van der Waals surface area contributed by atoms with E-state index in [4.69, 9.17) is 11.6 Å². The van der Waals surface area contributed by atoms with Crippen molar-refractivity contribution in [2.75, 3.05) is 6.54 Å². The number of carbonyl (C=O) groups is 2. The smallest absolute Gasteiger partial charge is 0.320 e. The number of rotatable bonds is 6. The predicted molar refractivity (Wildman–Crippen MR) is 62.3 cm³/mol. The van der Waals surface area contributed by atoms with Gasteiger partial charge in [-0.1, -0.05) is 0 Å². The van der Waals surface area contributed by atoms with Crippen molar-refractivity contribution < 1.29 is 14.5 Å². The number of aromatic nitrogens is 2. The van der Waals surface area contributed by atoms with Crippen molar-refractivity contribution in [1.82, 2.24) is 15.1 Å². The third-order valence-corrected chi connectivity index (χ3v) is 2.36. The number of halogens is 1. The van der Waals surface area contributed by atoms with Gasteiger partial charge in [0.25, 0.3) is 5.91 Å². The maximum Gasteiger partial charge on any atom is 0.320 e. The van der Waals surface area contributed by atoms with Crippen LogP contribution in [0, 0.1) is 10.1 Å². The molecule has 0 unspecified atom stereocenters. The highest BCUT2D eigenvalue weighted by Crippen LogP contribution is 2.16. The molecular formula is C9H11ClN4O4. The van der Waals surface area contributed by atoms with Crippen LogP contribution in [0.15, 0.2) is 6.20 Å². The first kappa shape index (κ1) is 14.1. The highest BCUT2D eigenvalue weighted by molar-refractivity contribution is 6.63. The van der Waals surface area contributed by atoms with Gasteiger partial charge in [-0.15, -0.1) is 0 Å². The van der Waals surface area contributed by atoms with Gasteiger partial charge in [0, 0.05) is 20.0 Å². The average Bonchev–Trinajstić information content (AvgIpc) is 2.66. The van der Waals surface area contributed by atoms with Crippen LogP contribution in [0.2, 0.25) is 0 Å². The molecule has 0 saturated heterocycles. The molecule has 1 aromatic heterocycles. The Kier molecular flexibility index (Phi) is 4.78. The van der Waals surface area contributed by atoms with E-state index in [0.717, 1.165) is 10.9 Å². The van der Waals surface area contributed by atoms with Crippen LogP contribution >= 0.6 is 11.6 Å². The van der Waals surface area contributed by atoms with E-state index in [-0.39, 0.29) is 24.3 Å². The zero-order valence-electron chi connectivity index (χ0n) is 9.55. The second-order valence-electron chi connectivity index (χ2n) is 3.47. The van der Waals surface area contributed by atoms with Crippen molar-refractivity contribution in [2.45, 2.75) is 12.8 Å². The fourth-order valence-corrected chi connectivity index (χ4v) is 1.47. The zero-order valence-corrected chi connectivity index (χ0v) is 10.3. The summed E-state index contributed by atoms with van der Waals surface area (Å²) in [6, 6.07) is 0. The Labute approximate surface area is 107 Å². The topological polar surface area (TPSA) is 107 Å². The fraction of sp³-hybridized carbons (Fsp3) is 0.444. The summed E-state index contributed by atoms with van der Waals surface area (Å²) < 4.78 is 1.13. The summed E-state index contributed by atoms with van der Waals surface area (Å²) in [6.45, 7) is 0.208. The van der Waals surface area contributed by atoms with E-state index in [2.05, 4.69) is 10.4 Å².